The van der Waals surface area contributed by atoms with Crippen molar-refractivity contribution in [1.29, 1.82) is 0 Å². The SMILES string of the molecule is CC(O)C(O)Cc1ncccc1Br. The van der Waals surface area contributed by atoms with Crippen molar-refractivity contribution in [1.82, 2.24) is 4.98 Å². The normalized spacial score (nSPS) is 15.4. The monoisotopic (exact) mass is 245 g/mol. The Morgan fingerprint density at radius 1 is 1.54 bits per heavy atom. The van der Waals surface area contributed by atoms with Gasteiger partial charge in [0.1, 0.15) is 0 Å². The number of hydrogen-bond acceptors (Lipinski definition) is 3. The van der Waals surface area contributed by atoms with Gasteiger partial charge < -0.3 is 10.2 Å². The molecule has 2 N–H and O–H groups in total. The summed E-state index contributed by atoms with van der Waals surface area (Å²) in [5.74, 6) is 0. The Balaban J connectivity index is 2.69. The summed E-state index contributed by atoms with van der Waals surface area (Å²) in [4.78, 5) is 4.08. The second-order valence-corrected chi connectivity index (χ2v) is 3.80. The highest BCUT2D eigenvalue weighted by Crippen LogP contribution is 2.15. The first-order valence-electron chi connectivity index (χ1n) is 4.07. The summed E-state index contributed by atoms with van der Waals surface area (Å²) in [7, 11) is 0. The van der Waals surface area contributed by atoms with Crippen molar-refractivity contribution in [2.24, 2.45) is 0 Å². The minimum atomic E-state index is -0.758. The van der Waals surface area contributed by atoms with Crippen LogP contribution in [-0.2, 0) is 6.42 Å². The van der Waals surface area contributed by atoms with Gasteiger partial charge in [-0.1, -0.05) is 0 Å². The summed E-state index contributed by atoms with van der Waals surface area (Å²) >= 11 is 3.32. The molecule has 1 heterocycles. The molecule has 13 heavy (non-hydrogen) atoms. The molecule has 2 atom stereocenters. The lowest BCUT2D eigenvalue weighted by Gasteiger charge is -2.13. The summed E-state index contributed by atoms with van der Waals surface area (Å²) < 4.78 is 0.856. The Morgan fingerprint density at radius 3 is 2.77 bits per heavy atom. The number of rotatable bonds is 3. The molecule has 3 nitrogen and oxygen atoms in total. The van der Waals surface area contributed by atoms with Crippen LogP contribution in [0.1, 0.15) is 12.6 Å². The lowest BCUT2D eigenvalue weighted by molar-refractivity contribution is 0.0313. The van der Waals surface area contributed by atoms with E-state index in [0.717, 1.165) is 10.2 Å². The van der Waals surface area contributed by atoms with Crippen LogP contribution >= 0.6 is 15.9 Å². The third-order valence-electron chi connectivity index (χ3n) is 1.79. The summed E-state index contributed by atoms with van der Waals surface area (Å²) in [6, 6.07) is 3.67. The van der Waals surface area contributed by atoms with E-state index in [1.54, 1.807) is 13.1 Å². The van der Waals surface area contributed by atoms with Crippen LogP contribution in [0.4, 0.5) is 0 Å². The summed E-state index contributed by atoms with van der Waals surface area (Å²) in [6.07, 6.45) is 0.536. The molecule has 1 aromatic rings. The molecular weight excluding hydrogens is 234 g/mol. The highest BCUT2D eigenvalue weighted by Gasteiger charge is 2.13. The fourth-order valence-corrected chi connectivity index (χ4v) is 1.35. The Hall–Kier alpha value is -0.450. The fourth-order valence-electron chi connectivity index (χ4n) is 0.937. The molecule has 0 saturated carbocycles. The average Bonchev–Trinajstić information content (AvgIpc) is 2.08. The van der Waals surface area contributed by atoms with Crippen molar-refractivity contribution >= 4 is 15.9 Å². The Labute approximate surface area is 85.6 Å². The minimum absolute atomic E-state index is 0.360. The molecule has 0 fully saturated rings. The van der Waals surface area contributed by atoms with Gasteiger partial charge in [-0.3, -0.25) is 4.98 Å². The number of aromatic nitrogens is 1. The first-order chi connectivity index (χ1) is 6.11. The van der Waals surface area contributed by atoms with Gasteiger partial charge in [0.2, 0.25) is 0 Å². The molecule has 0 spiro atoms. The van der Waals surface area contributed by atoms with Crippen LogP contribution in [0, 0.1) is 0 Å². The van der Waals surface area contributed by atoms with E-state index < -0.39 is 12.2 Å². The second-order valence-electron chi connectivity index (χ2n) is 2.94. The van der Waals surface area contributed by atoms with Crippen molar-refractivity contribution < 1.29 is 10.2 Å². The van der Waals surface area contributed by atoms with Gasteiger partial charge in [-0.05, 0) is 35.0 Å². The van der Waals surface area contributed by atoms with E-state index in [4.69, 9.17) is 5.11 Å². The third-order valence-corrected chi connectivity index (χ3v) is 2.52. The zero-order valence-electron chi connectivity index (χ0n) is 7.31. The average molecular weight is 246 g/mol. The Morgan fingerprint density at radius 2 is 2.23 bits per heavy atom. The maximum atomic E-state index is 9.39. The molecule has 0 aliphatic heterocycles. The molecule has 72 valence electrons. The maximum absolute atomic E-state index is 9.39. The van der Waals surface area contributed by atoms with E-state index in [1.807, 2.05) is 12.1 Å². The van der Waals surface area contributed by atoms with Crippen LogP contribution in [0.3, 0.4) is 0 Å². The van der Waals surface area contributed by atoms with Crippen LogP contribution in [0.25, 0.3) is 0 Å². The van der Waals surface area contributed by atoms with E-state index >= 15 is 0 Å². The molecule has 0 aliphatic carbocycles. The summed E-state index contributed by atoms with van der Waals surface area (Å²) in [6.45, 7) is 1.56. The number of aliphatic hydroxyl groups is 2. The summed E-state index contributed by atoms with van der Waals surface area (Å²) in [5, 5.41) is 18.5. The minimum Gasteiger partial charge on any atom is -0.391 e. The third kappa shape index (κ3) is 3.06. The largest absolute Gasteiger partial charge is 0.391 e. The van der Waals surface area contributed by atoms with Gasteiger partial charge in [0.15, 0.2) is 0 Å². The van der Waals surface area contributed by atoms with E-state index in [-0.39, 0.29) is 0 Å². The lowest BCUT2D eigenvalue weighted by atomic mass is 10.1. The molecule has 0 amide bonds. The smallest absolute Gasteiger partial charge is 0.0852 e. The zero-order valence-corrected chi connectivity index (χ0v) is 8.90. The van der Waals surface area contributed by atoms with Gasteiger partial charge in [0.25, 0.3) is 0 Å². The van der Waals surface area contributed by atoms with Gasteiger partial charge in [0.05, 0.1) is 17.9 Å². The quantitative estimate of drug-likeness (QED) is 0.840. The topological polar surface area (TPSA) is 53.4 Å². The molecule has 2 unspecified atom stereocenters. The molecule has 4 heteroatoms. The predicted molar refractivity (Wildman–Crippen MR) is 53.3 cm³/mol. The molecule has 0 radical (unpaired) electrons. The van der Waals surface area contributed by atoms with Crippen LogP contribution in [0.15, 0.2) is 22.8 Å². The van der Waals surface area contributed by atoms with Crippen molar-refractivity contribution in [3.8, 4) is 0 Å². The number of hydrogen-bond donors (Lipinski definition) is 2. The van der Waals surface area contributed by atoms with Gasteiger partial charge in [-0.25, -0.2) is 0 Å². The first kappa shape index (κ1) is 10.6. The van der Waals surface area contributed by atoms with Crippen molar-refractivity contribution in [2.45, 2.75) is 25.6 Å². The van der Waals surface area contributed by atoms with E-state index in [0.29, 0.717) is 6.42 Å². The van der Waals surface area contributed by atoms with E-state index in [2.05, 4.69) is 20.9 Å². The van der Waals surface area contributed by atoms with Crippen molar-refractivity contribution in [2.75, 3.05) is 0 Å². The predicted octanol–water partition coefficient (Wildman–Crippen LogP) is 1.13. The lowest BCUT2D eigenvalue weighted by Crippen LogP contribution is -2.25. The first-order valence-corrected chi connectivity index (χ1v) is 4.86. The number of nitrogens with zero attached hydrogens (tertiary/aromatic N) is 1. The van der Waals surface area contributed by atoms with Gasteiger partial charge in [-0.2, -0.15) is 0 Å². The molecule has 1 aromatic heterocycles. The molecule has 0 aromatic carbocycles. The Kier molecular flexibility index (Phi) is 3.84. The molecule has 0 saturated heterocycles. The highest BCUT2D eigenvalue weighted by molar-refractivity contribution is 9.10. The summed E-state index contributed by atoms with van der Waals surface area (Å²) in [5.41, 5.74) is 0.760. The standard InChI is InChI=1S/C9H12BrNO2/c1-6(12)9(13)5-8-7(10)3-2-4-11-8/h2-4,6,9,12-13H,5H2,1H3. The highest BCUT2D eigenvalue weighted by atomic mass is 79.9. The number of aliphatic hydroxyl groups excluding tert-OH is 2. The molecule has 0 aliphatic rings. The zero-order chi connectivity index (χ0) is 9.84. The van der Waals surface area contributed by atoms with Crippen LogP contribution < -0.4 is 0 Å². The van der Waals surface area contributed by atoms with Crippen LogP contribution in [-0.4, -0.2) is 27.4 Å². The number of halogens is 1. The number of pyridine rings is 1. The fraction of sp³-hybridized carbons (Fsp3) is 0.444. The van der Waals surface area contributed by atoms with Gasteiger partial charge in [-0.15, -0.1) is 0 Å². The molecule has 0 bridgehead atoms. The van der Waals surface area contributed by atoms with Crippen LogP contribution in [0.5, 0.6) is 0 Å². The van der Waals surface area contributed by atoms with E-state index in [1.165, 1.54) is 0 Å². The van der Waals surface area contributed by atoms with E-state index in [9.17, 15) is 5.11 Å². The van der Waals surface area contributed by atoms with Gasteiger partial charge in [0, 0.05) is 17.1 Å². The van der Waals surface area contributed by atoms with Crippen molar-refractivity contribution in [3.63, 3.8) is 0 Å². The molecule has 1 rings (SSSR count). The second kappa shape index (κ2) is 4.69. The van der Waals surface area contributed by atoms with Crippen LogP contribution in [0.2, 0.25) is 0 Å². The van der Waals surface area contributed by atoms with Gasteiger partial charge >= 0.3 is 0 Å². The Bertz CT molecular complexity index is 278. The van der Waals surface area contributed by atoms with Crippen molar-refractivity contribution in [3.05, 3.63) is 28.5 Å². The molecular formula is C9H12BrNO2. The maximum Gasteiger partial charge on any atom is 0.0852 e.